The van der Waals surface area contributed by atoms with Crippen molar-refractivity contribution in [2.75, 3.05) is 11.9 Å². The van der Waals surface area contributed by atoms with Gasteiger partial charge < -0.3 is 5.32 Å². The monoisotopic (exact) mass is 242 g/mol. The average Bonchev–Trinajstić information content (AvgIpc) is 2.65. The molecule has 0 saturated carbocycles. The highest BCUT2D eigenvalue weighted by Gasteiger charge is 2.18. The van der Waals surface area contributed by atoms with Gasteiger partial charge in [-0.3, -0.25) is 4.99 Å². The molecule has 1 aromatic carbocycles. The Balaban J connectivity index is 2.24. The topological polar surface area (TPSA) is 24.4 Å². The van der Waals surface area contributed by atoms with Crippen LogP contribution in [0.3, 0.4) is 0 Å². The zero-order valence-electron chi connectivity index (χ0n) is 9.05. The van der Waals surface area contributed by atoms with E-state index in [1.807, 2.05) is 6.92 Å². The molecule has 1 aliphatic heterocycles. The number of anilines is 1. The third-order valence-corrected chi connectivity index (χ3v) is 3.33. The van der Waals surface area contributed by atoms with Gasteiger partial charge in [0.1, 0.15) is 11.5 Å². The van der Waals surface area contributed by atoms with Gasteiger partial charge in [-0.15, -0.1) is 0 Å². The maximum Gasteiger partial charge on any atom is 0.161 e. The van der Waals surface area contributed by atoms with E-state index in [0.29, 0.717) is 22.5 Å². The van der Waals surface area contributed by atoms with Gasteiger partial charge in [0.2, 0.25) is 0 Å². The molecule has 1 heterocycles. The number of aryl methyl sites for hydroxylation is 1. The zero-order valence-corrected chi connectivity index (χ0v) is 9.87. The standard InChI is InChI=1S/C11H12F2N2S/c1-6-3-4-8(12)10(9(6)13)15-11-14-5-7(2)16-11/h3-4,7H,5H2,1-2H3,(H,14,15). The van der Waals surface area contributed by atoms with Crippen LogP contribution in [0.5, 0.6) is 0 Å². The summed E-state index contributed by atoms with van der Waals surface area (Å²) in [6.07, 6.45) is 0. The highest BCUT2D eigenvalue weighted by Crippen LogP contribution is 2.26. The molecule has 0 saturated heterocycles. The molecule has 0 radical (unpaired) electrons. The number of nitrogens with zero attached hydrogens (tertiary/aromatic N) is 1. The van der Waals surface area contributed by atoms with Crippen LogP contribution in [0.1, 0.15) is 12.5 Å². The van der Waals surface area contributed by atoms with Crippen LogP contribution in [-0.2, 0) is 0 Å². The molecule has 0 spiro atoms. The maximum absolute atomic E-state index is 13.6. The lowest BCUT2D eigenvalue weighted by molar-refractivity contribution is 0.585. The lowest BCUT2D eigenvalue weighted by Gasteiger charge is -2.09. The molecule has 0 fully saturated rings. The third kappa shape index (κ3) is 2.19. The summed E-state index contributed by atoms with van der Waals surface area (Å²) in [6, 6.07) is 2.67. The van der Waals surface area contributed by atoms with E-state index < -0.39 is 11.6 Å². The number of amidine groups is 1. The second kappa shape index (κ2) is 4.41. The van der Waals surface area contributed by atoms with E-state index in [1.54, 1.807) is 6.92 Å². The summed E-state index contributed by atoms with van der Waals surface area (Å²) in [5.74, 6) is -1.14. The molecule has 86 valence electrons. The number of hydrogen-bond donors (Lipinski definition) is 1. The number of rotatable bonds is 1. The molecule has 0 aromatic heterocycles. The van der Waals surface area contributed by atoms with Gasteiger partial charge >= 0.3 is 0 Å². The highest BCUT2D eigenvalue weighted by atomic mass is 32.2. The SMILES string of the molecule is Cc1ccc(F)c(NC2=NCC(C)S2)c1F. The van der Waals surface area contributed by atoms with E-state index in [9.17, 15) is 8.78 Å². The Morgan fingerprint density at radius 3 is 2.81 bits per heavy atom. The number of halogens is 2. The van der Waals surface area contributed by atoms with Crippen molar-refractivity contribution in [3.63, 3.8) is 0 Å². The Hall–Kier alpha value is -1.10. The largest absolute Gasteiger partial charge is 0.330 e. The zero-order chi connectivity index (χ0) is 11.7. The molecular weight excluding hydrogens is 230 g/mol. The predicted molar refractivity (Wildman–Crippen MR) is 64.1 cm³/mol. The Labute approximate surface area is 97.1 Å². The van der Waals surface area contributed by atoms with Crippen LogP contribution in [0.2, 0.25) is 0 Å². The highest BCUT2D eigenvalue weighted by molar-refractivity contribution is 8.15. The summed E-state index contributed by atoms with van der Waals surface area (Å²) in [6.45, 7) is 4.31. The molecule has 5 heteroatoms. The lowest BCUT2D eigenvalue weighted by Crippen LogP contribution is -2.10. The first-order valence-electron chi connectivity index (χ1n) is 5.00. The van der Waals surface area contributed by atoms with Gasteiger partial charge in [0, 0.05) is 5.25 Å². The Kier molecular flexibility index (Phi) is 3.14. The van der Waals surface area contributed by atoms with Crippen LogP contribution in [0.15, 0.2) is 17.1 Å². The Bertz CT molecular complexity index is 446. The molecule has 0 bridgehead atoms. The molecule has 2 nitrogen and oxygen atoms in total. The van der Waals surface area contributed by atoms with Crippen LogP contribution in [-0.4, -0.2) is 17.0 Å². The van der Waals surface area contributed by atoms with Crippen molar-refractivity contribution in [3.05, 3.63) is 29.3 Å². The van der Waals surface area contributed by atoms with E-state index >= 15 is 0 Å². The first kappa shape index (κ1) is 11.4. The van der Waals surface area contributed by atoms with Gasteiger partial charge in [0.05, 0.1) is 6.54 Å². The van der Waals surface area contributed by atoms with Crippen molar-refractivity contribution in [2.45, 2.75) is 19.1 Å². The molecule has 16 heavy (non-hydrogen) atoms. The summed E-state index contributed by atoms with van der Waals surface area (Å²) in [5, 5.41) is 3.65. The second-order valence-electron chi connectivity index (χ2n) is 3.75. The van der Waals surface area contributed by atoms with Crippen LogP contribution in [0.25, 0.3) is 0 Å². The van der Waals surface area contributed by atoms with Crippen molar-refractivity contribution in [2.24, 2.45) is 4.99 Å². The summed E-state index contributed by atoms with van der Waals surface area (Å²) < 4.78 is 27.1. The van der Waals surface area contributed by atoms with Crippen molar-refractivity contribution in [3.8, 4) is 0 Å². The fourth-order valence-electron chi connectivity index (χ4n) is 1.42. The summed E-state index contributed by atoms with van der Waals surface area (Å²) in [4.78, 5) is 4.16. The van der Waals surface area contributed by atoms with Crippen molar-refractivity contribution < 1.29 is 8.78 Å². The average molecular weight is 242 g/mol. The van der Waals surface area contributed by atoms with Gasteiger partial charge in [0.25, 0.3) is 0 Å². The molecule has 1 atom stereocenters. The Morgan fingerprint density at radius 2 is 2.19 bits per heavy atom. The Morgan fingerprint density at radius 1 is 1.44 bits per heavy atom. The minimum atomic E-state index is -0.592. The molecule has 0 aliphatic carbocycles. The van der Waals surface area contributed by atoms with Gasteiger partial charge in [-0.25, -0.2) is 8.78 Å². The van der Waals surface area contributed by atoms with Gasteiger partial charge in [-0.2, -0.15) is 0 Å². The van der Waals surface area contributed by atoms with E-state index in [4.69, 9.17) is 0 Å². The summed E-state index contributed by atoms with van der Waals surface area (Å²) >= 11 is 1.49. The van der Waals surface area contributed by atoms with E-state index in [1.165, 1.54) is 23.9 Å². The number of aliphatic imine (C=N–C) groups is 1. The van der Waals surface area contributed by atoms with Gasteiger partial charge in [-0.1, -0.05) is 24.8 Å². The summed E-state index contributed by atoms with van der Waals surface area (Å²) in [5.41, 5.74) is 0.306. The van der Waals surface area contributed by atoms with Crippen LogP contribution in [0.4, 0.5) is 14.5 Å². The van der Waals surface area contributed by atoms with E-state index in [2.05, 4.69) is 10.3 Å². The first-order chi connectivity index (χ1) is 7.58. The van der Waals surface area contributed by atoms with Crippen molar-refractivity contribution in [1.29, 1.82) is 0 Å². The quantitative estimate of drug-likeness (QED) is 0.818. The molecule has 0 amide bonds. The number of hydrogen-bond acceptors (Lipinski definition) is 3. The van der Waals surface area contributed by atoms with Crippen LogP contribution in [0, 0.1) is 18.6 Å². The molecule has 2 rings (SSSR count). The number of nitrogens with one attached hydrogen (secondary N) is 1. The normalized spacial score (nSPS) is 19.8. The minimum Gasteiger partial charge on any atom is -0.330 e. The number of thioether (sulfide) groups is 1. The number of benzene rings is 1. The van der Waals surface area contributed by atoms with E-state index in [-0.39, 0.29) is 5.69 Å². The lowest BCUT2D eigenvalue weighted by atomic mass is 10.2. The first-order valence-corrected chi connectivity index (χ1v) is 5.88. The fraction of sp³-hybridized carbons (Fsp3) is 0.364. The molecular formula is C11H12F2N2S. The third-order valence-electron chi connectivity index (χ3n) is 2.32. The fourth-order valence-corrected chi connectivity index (χ4v) is 2.26. The van der Waals surface area contributed by atoms with E-state index in [0.717, 1.165) is 0 Å². The molecule has 1 N–H and O–H groups in total. The molecule has 1 aromatic rings. The van der Waals surface area contributed by atoms with Gasteiger partial charge in [0.15, 0.2) is 11.0 Å². The van der Waals surface area contributed by atoms with Crippen molar-refractivity contribution >= 4 is 22.6 Å². The predicted octanol–water partition coefficient (Wildman–Crippen LogP) is 3.18. The smallest absolute Gasteiger partial charge is 0.161 e. The van der Waals surface area contributed by atoms with Crippen LogP contribution < -0.4 is 5.32 Å². The molecule has 1 unspecified atom stereocenters. The molecule has 1 aliphatic rings. The summed E-state index contributed by atoms with van der Waals surface area (Å²) in [7, 11) is 0. The van der Waals surface area contributed by atoms with Crippen LogP contribution >= 0.6 is 11.8 Å². The second-order valence-corrected chi connectivity index (χ2v) is 5.18. The van der Waals surface area contributed by atoms with Gasteiger partial charge in [-0.05, 0) is 18.6 Å². The van der Waals surface area contributed by atoms with Crippen molar-refractivity contribution in [1.82, 2.24) is 0 Å². The maximum atomic E-state index is 13.6. The minimum absolute atomic E-state index is 0.111.